The van der Waals surface area contributed by atoms with Crippen molar-refractivity contribution in [3.63, 3.8) is 0 Å². The number of benzene rings is 2. The average molecular weight is 590 g/mol. The molecule has 222 valence electrons. The molecule has 2 saturated heterocycles. The van der Waals surface area contributed by atoms with Crippen LogP contribution < -0.4 is 9.64 Å². The summed E-state index contributed by atoms with van der Waals surface area (Å²) < 4.78 is 18.0. The van der Waals surface area contributed by atoms with Crippen molar-refractivity contribution in [1.82, 2.24) is 9.88 Å². The number of carboxylic acids is 1. The van der Waals surface area contributed by atoms with Crippen molar-refractivity contribution in [2.45, 2.75) is 52.4 Å². The molecule has 0 bridgehead atoms. The number of aryl methyl sites for hydroxylation is 2. The van der Waals surface area contributed by atoms with Gasteiger partial charge in [-0.3, -0.25) is 9.69 Å². The van der Waals surface area contributed by atoms with Gasteiger partial charge in [0.15, 0.2) is 5.13 Å². The smallest absolute Gasteiger partial charge is 0.310 e. The first kappa shape index (κ1) is 27.8. The summed E-state index contributed by atoms with van der Waals surface area (Å²) in [4.78, 5) is 21.4. The molecule has 0 radical (unpaired) electrons. The van der Waals surface area contributed by atoms with Crippen LogP contribution in [0.5, 0.6) is 5.75 Å². The second-order valence-corrected chi connectivity index (χ2v) is 13.3. The van der Waals surface area contributed by atoms with Gasteiger partial charge < -0.3 is 24.2 Å². The Balaban J connectivity index is 1.03. The number of carboxylic acid groups (broad SMARTS) is 1. The summed E-state index contributed by atoms with van der Waals surface area (Å²) in [6.07, 6.45) is 2.68. The molecule has 2 aromatic carbocycles. The minimum atomic E-state index is -0.634. The second-order valence-electron chi connectivity index (χ2n) is 12.4. The van der Waals surface area contributed by atoms with Gasteiger partial charge in [0.25, 0.3) is 0 Å². The number of aliphatic carboxylic acids is 1. The lowest BCUT2D eigenvalue weighted by Gasteiger charge is -2.34. The Kier molecular flexibility index (Phi) is 7.46. The Morgan fingerprint density at radius 2 is 2.12 bits per heavy atom. The van der Waals surface area contributed by atoms with E-state index in [2.05, 4.69) is 59.4 Å². The molecule has 4 heterocycles. The summed E-state index contributed by atoms with van der Waals surface area (Å²) in [6.45, 7) is 11.3. The summed E-state index contributed by atoms with van der Waals surface area (Å²) in [5, 5.41) is 12.7. The van der Waals surface area contributed by atoms with E-state index in [0.717, 1.165) is 73.3 Å². The fourth-order valence-corrected chi connectivity index (χ4v) is 7.93. The number of carbonyl (C=O) groups is 1. The first-order chi connectivity index (χ1) is 20.4. The molecule has 1 aromatic heterocycles. The van der Waals surface area contributed by atoms with Crippen molar-refractivity contribution in [3.05, 3.63) is 63.5 Å². The highest BCUT2D eigenvalue weighted by Gasteiger charge is 2.62. The van der Waals surface area contributed by atoms with Gasteiger partial charge in [-0.2, -0.15) is 0 Å². The van der Waals surface area contributed by atoms with E-state index in [1.165, 1.54) is 22.3 Å². The van der Waals surface area contributed by atoms with E-state index in [-0.39, 0.29) is 12.0 Å². The van der Waals surface area contributed by atoms with Gasteiger partial charge in [0.1, 0.15) is 12.4 Å². The summed E-state index contributed by atoms with van der Waals surface area (Å²) in [6, 6.07) is 10.8. The van der Waals surface area contributed by atoms with E-state index in [4.69, 9.17) is 19.2 Å². The van der Waals surface area contributed by atoms with E-state index in [0.29, 0.717) is 32.8 Å². The highest BCUT2D eigenvalue weighted by molar-refractivity contribution is 7.14. The van der Waals surface area contributed by atoms with Gasteiger partial charge in [-0.15, -0.1) is 11.3 Å². The fraction of sp³-hybridized carbons (Fsp3) is 0.515. The van der Waals surface area contributed by atoms with Crippen LogP contribution >= 0.6 is 11.3 Å². The number of aromatic nitrogens is 1. The van der Waals surface area contributed by atoms with Crippen molar-refractivity contribution in [2.24, 2.45) is 11.3 Å². The molecule has 1 aliphatic carbocycles. The normalized spacial score (nSPS) is 25.5. The summed E-state index contributed by atoms with van der Waals surface area (Å²) >= 11 is 1.63. The van der Waals surface area contributed by atoms with E-state index in [9.17, 15) is 9.90 Å². The largest absolute Gasteiger partial charge is 0.488 e. The number of piperidine rings is 1. The number of thiazole rings is 1. The first-order valence-corrected chi connectivity index (χ1v) is 16.0. The third-order valence-corrected chi connectivity index (χ3v) is 10.5. The van der Waals surface area contributed by atoms with Crippen LogP contribution in [0.1, 0.15) is 40.7 Å². The van der Waals surface area contributed by atoms with E-state index < -0.39 is 11.4 Å². The number of hydrogen-bond acceptors (Lipinski definition) is 8. The molecule has 0 amide bonds. The number of anilines is 1. The fourth-order valence-electron chi connectivity index (χ4n) is 7.07. The topological polar surface area (TPSA) is 84.4 Å². The van der Waals surface area contributed by atoms with Gasteiger partial charge in [0.2, 0.25) is 0 Å². The Morgan fingerprint density at radius 3 is 2.93 bits per heavy atom. The molecule has 1 saturated carbocycles. The minimum absolute atomic E-state index is 0.167. The van der Waals surface area contributed by atoms with Crippen molar-refractivity contribution in [2.75, 3.05) is 50.9 Å². The molecule has 3 unspecified atom stereocenters. The Hall–Kier alpha value is -2.98. The molecule has 1 N–H and O–H groups in total. The Morgan fingerprint density at radius 1 is 1.21 bits per heavy atom. The molecular weight excluding hydrogens is 550 g/mol. The zero-order valence-corrected chi connectivity index (χ0v) is 25.3. The molecule has 8 nitrogen and oxygen atoms in total. The van der Waals surface area contributed by atoms with Crippen molar-refractivity contribution < 1.29 is 24.1 Å². The standard InChI is InChI=1S/C33H39N3O5S/c1-21-4-3-5-27(29-20-42-32(34-29)36-9-7-33(31(37)38)14-25(33)15-36)30(21)41-18-23-12-22(2)28-17-35(8-6-24(28)13-23)16-26-19-39-10-11-40-26/h3-5,12-13,20,25-26H,6-11,14-19H2,1-2H3,(H,37,38). The maximum atomic E-state index is 11.7. The molecule has 0 spiro atoms. The predicted molar refractivity (Wildman–Crippen MR) is 162 cm³/mol. The van der Waals surface area contributed by atoms with Gasteiger partial charge in [-0.1, -0.05) is 24.3 Å². The van der Waals surface area contributed by atoms with Gasteiger partial charge in [-0.25, -0.2) is 4.98 Å². The van der Waals surface area contributed by atoms with E-state index in [1.807, 2.05) is 0 Å². The lowest BCUT2D eigenvalue weighted by Crippen LogP contribution is -2.42. The maximum Gasteiger partial charge on any atom is 0.310 e. The minimum Gasteiger partial charge on any atom is -0.488 e. The SMILES string of the molecule is Cc1cc(COc2c(C)cccc2-c2csc(N3CCC4(C(=O)O)CC4C3)n2)cc2c1CN(CC1COCCO1)CC2. The highest BCUT2D eigenvalue weighted by atomic mass is 32.1. The Bertz CT molecular complexity index is 1480. The van der Waals surface area contributed by atoms with Crippen molar-refractivity contribution in [1.29, 1.82) is 0 Å². The number of hydrogen-bond donors (Lipinski definition) is 1. The molecule has 42 heavy (non-hydrogen) atoms. The summed E-state index contributed by atoms with van der Waals surface area (Å²) in [5.74, 6) is 0.471. The summed E-state index contributed by atoms with van der Waals surface area (Å²) in [5.41, 5.74) is 7.87. The van der Waals surface area contributed by atoms with Crippen LogP contribution in [0.25, 0.3) is 11.3 Å². The van der Waals surface area contributed by atoms with Gasteiger partial charge in [0.05, 0.1) is 37.0 Å². The molecule has 3 aliphatic heterocycles. The predicted octanol–water partition coefficient (Wildman–Crippen LogP) is 5.08. The highest BCUT2D eigenvalue weighted by Crippen LogP contribution is 2.58. The summed E-state index contributed by atoms with van der Waals surface area (Å²) in [7, 11) is 0. The molecule has 3 aromatic rings. The molecule has 3 atom stereocenters. The van der Waals surface area contributed by atoms with Crippen molar-refractivity contribution in [3.8, 4) is 17.0 Å². The maximum absolute atomic E-state index is 11.7. The number of rotatable bonds is 8. The van der Waals surface area contributed by atoms with E-state index in [1.54, 1.807) is 11.3 Å². The van der Waals surface area contributed by atoms with Crippen LogP contribution in [-0.4, -0.2) is 73.1 Å². The van der Waals surface area contributed by atoms with Crippen LogP contribution in [0.3, 0.4) is 0 Å². The lowest BCUT2D eigenvalue weighted by molar-refractivity contribution is -0.144. The first-order valence-electron chi connectivity index (χ1n) is 15.1. The van der Waals surface area contributed by atoms with Gasteiger partial charge in [-0.05, 0) is 72.9 Å². The molecular formula is C33H39N3O5S. The van der Waals surface area contributed by atoms with Crippen LogP contribution in [0, 0.1) is 25.2 Å². The quantitative estimate of drug-likeness (QED) is 0.390. The third-order valence-electron chi connectivity index (χ3n) is 9.61. The molecule has 7 rings (SSSR count). The Labute approximate surface area is 251 Å². The lowest BCUT2D eigenvalue weighted by atomic mass is 9.93. The van der Waals surface area contributed by atoms with E-state index >= 15 is 0 Å². The monoisotopic (exact) mass is 589 g/mol. The third kappa shape index (κ3) is 5.32. The molecule has 3 fully saturated rings. The number of para-hydroxylation sites is 1. The van der Waals surface area contributed by atoms with Crippen LogP contribution in [0.4, 0.5) is 5.13 Å². The second kappa shape index (κ2) is 11.3. The zero-order valence-electron chi connectivity index (χ0n) is 24.4. The average Bonchev–Trinajstić information content (AvgIpc) is 3.55. The van der Waals surface area contributed by atoms with Gasteiger partial charge >= 0.3 is 5.97 Å². The van der Waals surface area contributed by atoms with Crippen LogP contribution in [0.2, 0.25) is 0 Å². The van der Waals surface area contributed by atoms with Crippen molar-refractivity contribution >= 4 is 22.4 Å². The molecule has 4 aliphatic rings. The number of fused-ring (bicyclic) bond motifs is 2. The molecule has 9 heteroatoms. The zero-order chi connectivity index (χ0) is 28.8. The van der Waals surface area contributed by atoms with Crippen LogP contribution in [0.15, 0.2) is 35.7 Å². The van der Waals surface area contributed by atoms with Crippen LogP contribution in [-0.2, 0) is 33.8 Å². The van der Waals surface area contributed by atoms with Gasteiger partial charge in [0, 0.05) is 43.7 Å². The number of ether oxygens (including phenoxy) is 3. The number of nitrogens with zero attached hydrogens (tertiary/aromatic N) is 3.